The number of ether oxygens (including phenoxy) is 1. The van der Waals surface area contributed by atoms with Crippen LogP contribution in [0.2, 0.25) is 0 Å². The number of amides is 1. The molecule has 0 bridgehead atoms. The van der Waals surface area contributed by atoms with E-state index in [-0.39, 0.29) is 18.3 Å². The highest BCUT2D eigenvalue weighted by Gasteiger charge is 2.27. The van der Waals surface area contributed by atoms with E-state index in [9.17, 15) is 13.2 Å². The molecule has 0 atom stereocenters. The Kier molecular flexibility index (Phi) is 5.90. The fourth-order valence-electron chi connectivity index (χ4n) is 2.85. The zero-order valence-corrected chi connectivity index (χ0v) is 15.2. The second-order valence-corrected chi connectivity index (χ2v) is 8.17. The quantitative estimate of drug-likeness (QED) is 0.805. The highest BCUT2D eigenvalue weighted by molar-refractivity contribution is 7.89. The molecule has 3 rings (SSSR count). The molecule has 1 aliphatic rings. The van der Waals surface area contributed by atoms with Crippen molar-refractivity contribution >= 4 is 15.9 Å². The minimum Gasteiger partial charge on any atom is -0.491 e. The molecule has 1 heterocycles. The topological polar surface area (TPSA) is 75.7 Å². The van der Waals surface area contributed by atoms with Gasteiger partial charge in [-0.25, -0.2) is 8.42 Å². The fraction of sp³-hybridized carbons (Fsp3) is 0.316. The average Bonchev–Trinajstić information content (AvgIpc) is 2.99. The van der Waals surface area contributed by atoms with Gasteiger partial charge in [0.15, 0.2) is 0 Å². The van der Waals surface area contributed by atoms with Crippen LogP contribution in [0.25, 0.3) is 0 Å². The first kappa shape index (κ1) is 18.4. The average molecular weight is 374 g/mol. The van der Waals surface area contributed by atoms with Gasteiger partial charge < -0.3 is 10.1 Å². The van der Waals surface area contributed by atoms with Gasteiger partial charge in [-0.2, -0.15) is 4.31 Å². The van der Waals surface area contributed by atoms with Gasteiger partial charge in [0.2, 0.25) is 10.0 Å². The molecular weight excluding hydrogens is 352 g/mol. The first-order valence-electron chi connectivity index (χ1n) is 8.58. The van der Waals surface area contributed by atoms with E-state index < -0.39 is 10.0 Å². The van der Waals surface area contributed by atoms with Gasteiger partial charge in [0.05, 0.1) is 11.3 Å². The third kappa shape index (κ3) is 4.62. The molecule has 0 aromatic heterocycles. The third-order valence-corrected chi connectivity index (χ3v) is 6.19. The Balaban J connectivity index is 1.58. The monoisotopic (exact) mass is 374 g/mol. The zero-order valence-electron chi connectivity index (χ0n) is 14.4. The maximum atomic E-state index is 12.5. The maximum absolute atomic E-state index is 12.5. The second-order valence-electron chi connectivity index (χ2n) is 6.08. The van der Waals surface area contributed by atoms with Crippen molar-refractivity contribution in [1.82, 2.24) is 9.62 Å². The van der Waals surface area contributed by atoms with Crippen molar-refractivity contribution in [1.29, 1.82) is 0 Å². The maximum Gasteiger partial charge on any atom is 0.255 e. The molecule has 2 aromatic rings. The number of hydrogen-bond acceptors (Lipinski definition) is 4. The molecule has 7 heteroatoms. The van der Waals surface area contributed by atoms with Crippen molar-refractivity contribution in [2.75, 3.05) is 25.4 Å². The highest BCUT2D eigenvalue weighted by Crippen LogP contribution is 2.19. The van der Waals surface area contributed by atoms with Crippen molar-refractivity contribution in [3.63, 3.8) is 0 Å². The largest absolute Gasteiger partial charge is 0.491 e. The molecule has 1 aliphatic heterocycles. The number of nitrogens with zero attached hydrogens (tertiary/aromatic N) is 1. The minimum atomic E-state index is -3.13. The van der Waals surface area contributed by atoms with E-state index in [1.165, 1.54) is 4.31 Å². The van der Waals surface area contributed by atoms with Crippen molar-refractivity contribution in [3.05, 3.63) is 65.7 Å². The second kappa shape index (κ2) is 8.33. The molecule has 1 N–H and O–H groups in total. The van der Waals surface area contributed by atoms with Gasteiger partial charge >= 0.3 is 0 Å². The van der Waals surface area contributed by atoms with Crippen molar-refractivity contribution in [2.24, 2.45) is 0 Å². The normalized spacial score (nSPS) is 16.3. The lowest BCUT2D eigenvalue weighted by molar-refractivity contribution is 0.0946. The summed E-state index contributed by atoms with van der Waals surface area (Å²) in [6.07, 6.45) is 0.654. The molecule has 0 aliphatic carbocycles. The fourth-order valence-corrected chi connectivity index (χ4v) is 4.37. The molecular formula is C19H22N2O4S. The molecule has 0 saturated carbocycles. The lowest BCUT2D eigenvalue weighted by Crippen LogP contribution is -2.30. The van der Waals surface area contributed by atoms with Crippen LogP contribution in [0.3, 0.4) is 0 Å². The molecule has 0 radical (unpaired) electrons. The molecule has 1 saturated heterocycles. The van der Waals surface area contributed by atoms with E-state index in [0.717, 1.165) is 5.56 Å². The first-order valence-corrected chi connectivity index (χ1v) is 10.2. The van der Waals surface area contributed by atoms with E-state index in [0.29, 0.717) is 37.4 Å². The summed E-state index contributed by atoms with van der Waals surface area (Å²) < 4.78 is 30.7. The Hall–Kier alpha value is -2.38. The van der Waals surface area contributed by atoms with E-state index >= 15 is 0 Å². The van der Waals surface area contributed by atoms with Crippen LogP contribution in [-0.4, -0.2) is 44.1 Å². The van der Waals surface area contributed by atoms with Gasteiger partial charge in [-0.15, -0.1) is 0 Å². The van der Waals surface area contributed by atoms with E-state index in [4.69, 9.17) is 4.74 Å². The third-order valence-electron chi connectivity index (χ3n) is 4.23. The predicted molar refractivity (Wildman–Crippen MR) is 99.5 cm³/mol. The Labute approximate surface area is 153 Å². The number of rotatable bonds is 7. The molecule has 138 valence electrons. The van der Waals surface area contributed by atoms with Crippen LogP contribution in [0.15, 0.2) is 54.6 Å². The van der Waals surface area contributed by atoms with Crippen molar-refractivity contribution < 1.29 is 17.9 Å². The van der Waals surface area contributed by atoms with Gasteiger partial charge in [-0.1, -0.05) is 42.5 Å². The molecule has 26 heavy (non-hydrogen) atoms. The minimum absolute atomic E-state index is 0.200. The Morgan fingerprint density at radius 3 is 2.54 bits per heavy atom. The van der Waals surface area contributed by atoms with Crippen LogP contribution < -0.4 is 10.1 Å². The summed E-state index contributed by atoms with van der Waals surface area (Å²) in [4.78, 5) is 12.5. The Morgan fingerprint density at radius 2 is 1.81 bits per heavy atom. The number of carbonyl (C=O) groups excluding carboxylic acids is 1. The Bertz CT molecular complexity index is 853. The van der Waals surface area contributed by atoms with Crippen LogP contribution in [0, 0.1) is 0 Å². The number of nitrogens with one attached hydrogen (secondary N) is 1. The first-order chi connectivity index (χ1) is 12.6. The van der Waals surface area contributed by atoms with Crippen LogP contribution in [0.1, 0.15) is 22.3 Å². The lowest BCUT2D eigenvalue weighted by Gasteiger charge is -2.16. The number of para-hydroxylation sites is 1. The highest BCUT2D eigenvalue weighted by atomic mass is 32.2. The summed E-state index contributed by atoms with van der Waals surface area (Å²) in [6, 6.07) is 16.6. The summed E-state index contributed by atoms with van der Waals surface area (Å²) in [5.41, 5.74) is 1.45. The van der Waals surface area contributed by atoms with Gasteiger partial charge in [-0.3, -0.25) is 4.79 Å². The summed E-state index contributed by atoms with van der Waals surface area (Å²) in [6.45, 7) is 1.47. The van der Waals surface area contributed by atoms with Crippen LogP contribution in [0.4, 0.5) is 0 Å². The number of sulfonamides is 1. The SMILES string of the molecule is O=C(NCc1ccccc1)c1ccccc1OCCN1CCCS1(=O)=O. The zero-order chi connectivity index (χ0) is 18.4. The van der Waals surface area contributed by atoms with Crippen molar-refractivity contribution in [2.45, 2.75) is 13.0 Å². The van der Waals surface area contributed by atoms with Gasteiger partial charge in [0.25, 0.3) is 5.91 Å². The number of carbonyl (C=O) groups is 1. The van der Waals surface area contributed by atoms with Crippen molar-refractivity contribution in [3.8, 4) is 5.75 Å². The van der Waals surface area contributed by atoms with Crippen LogP contribution in [-0.2, 0) is 16.6 Å². The summed E-state index contributed by atoms with van der Waals surface area (Å²) in [5, 5.41) is 2.88. The number of benzene rings is 2. The molecule has 1 fully saturated rings. The predicted octanol–water partition coefficient (Wildman–Crippen LogP) is 2.03. The van der Waals surface area contributed by atoms with Gasteiger partial charge in [0, 0.05) is 19.6 Å². The Morgan fingerprint density at radius 1 is 1.08 bits per heavy atom. The lowest BCUT2D eigenvalue weighted by atomic mass is 10.1. The summed E-state index contributed by atoms with van der Waals surface area (Å²) >= 11 is 0. The van der Waals surface area contributed by atoms with Gasteiger partial charge in [0.1, 0.15) is 12.4 Å². The molecule has 0 unspecified atom stereocenters. The van der Waals surface area contributed by atoms with Crippen LogP contribution >= 0.6 is 0 Å². The molecule has 2 aromatic carbocycles. The van der Waals surface area contributed by atoms with E-state index in [2.05, 4.69) is 5.32 Å². The van der Waals surface area contributed by atoms with Crippen LogP contribution in [0.5, 0.6) is 5.75 Å². The molecule has 6 nitrogen and oxygen atoms in total. The standard InChI is InChI=1S/C19H22N2O4S/c22-19(20-15-16-7-2-1-3-8-16)17-9-4-5-10-18(17)25-13-12-21-11-6-14-26(21,23)24/h1-5,7-10H,6,11-15H2,(H,20,22). The smallest absolute Gasteiger partial charge is 0.255 e. The van der Waals surface area contributed by atoms with Gasteiger partial charge in [-0.05, 0) is 24.1 Å². The molecule has 0 spiro atoms. The summed E-state index contributed by atoms with van der Waals surface area (Å²) in [5.74, 6) is 0.429. The van der Waals surface area contributed by atoms with E-state index in [1.54, 1.807) is 24.3 Å². The summed E-state index contributed by atoms with van der Waals surface area (Å²) in [7, 11) is -3.13. The molecule has 1 amide bonds. The number of hydrogen-bond donors (Lipinski definition) is 1. The van der Waals surface area contributed by atoms with E-state index in [1.807, 2.05) is 30.3 Å².